The summed E-state index contributed by atoms with van der Waals surface area (Å²) in [5, 5.41) is 11.7. The highest BCUT2D eigenvalue weighted by atomic mass is 16.4. The second kappa shape index (κ2) is 6.96. The van der Waals surface area contributed by atoms with Crippen molar-refractivity contribution >= 4 is 17.9 Å². The Morgan fingerprint density at radius 2 is 2.11 bits per heavy atom. The molecule has 0 bridgehead atoms. The minimum Gasteiger partial charge on any atom is -0.481 e. The zero-order valence-corrected chi connectivity index (χ0v) is 11.1. The fourth-order valence-electron chi connectivity index (χ4n) is 2.26. The summed E-state index contributed by atoms with van der Waals surface area (Å²) in [6.07, 6.45) is 1.72. The zero-order valence-electron chi connectivity index (χ0n) is 11.1. The highest BCUT2D eigenvalue weighted by molar-refractivity contribution is 5.76. The van der Waals surface area contributed by atoms with Crippen LogP contribution >= 0.6 is 0 Å². The molecular formula is C12H21N3O4. The van der Waals surface area contributed by atoms with E-state index < -0.39 is 5.97 Å². The fraction of sp³-hybridized carbons (Fsp3) is 0.750. The Labute approximate surface area is 112 Å². The number of carboxylic acid groups (broad SMARTS) is 1. The highest BCUT2D eigenvalue weighted by Crippen LogP contribution is 2.22. The molecular weight excluding hydrogens is 250 g/mol. The Bertz CT molecular complexity index is 359. The first-order valence-corrected chi connectivity index (χ1v) is 6.47. The Kier molecular flexibility index (Phi) is 5.59. The average Bonchev–Trinajstić information content (AvgIpc) is 2.33. The van der Waals surface area contributed by atoms with Crippen molar-refractivity contribution in [2.45, 2.75) is 38.6 Å². The van der Waals surface area contributed by atoms with Crippen LogP contribution in [-0.4, -0.2) is 47.0 Å². The third-order valence-electron chi connectivity index (χ3n) is 3.36. The molecule has 0 aromatic rings. The predicted octanol–water partition coefficient (Wildman–Crippen LogP) is 0.147. The van der Waals surface area contributed by atoms with E-state index in [1.165, 1.54) is 0 Å². The van der Waals surface area contributed by atoms with Crippen LogP contribution in [0.2, 0.25) is 0 Å². The number of aliphatic carboxylic acids is 1. The number of urea groups is 1. The average molecular weight is 271 g/mol. The number of carboxylic acids is 1. The molecule has 0 saturated carbocycles. The Hall–Kier alpha value is -1.79. The van der Waals surface area contributed by atoms with Crippen LogP contribution in [0.15, 0.2) is 0 Å². The molecule has 0 aromatic carbocycles. The molecule has 1 heterocycles. The number of nitrogens with two attached hydrogens (primary N) is 1. The Balaban J connectivity index is 2.33. The highest BCUT2D eigenvalue weighted by Gasteiger charge is 2.31. The molecule has 108 valence electrons. The molecule has 0 radical (unpaired) electrons. The van der Waals surface area contributed by atoms with Crippen molar-refractivity contribution in [2.75, 3.05) is 13.1 Å². The minimum atomic E-state index is -0.798. The van der Waals surface area contributed by atoms with Gasteiger partial charge in [0.15, 0.2) is 0 Å². The lowest BCUT2D eigenvalue weighted by Gasteiger charge is -2.36. The molecule has 7 heteroatoms. The summed E-state index contributed by atoms with van der Waals surface area (Å²) in [5.41, 5.74) is 5.00. The Morgan fingerprint density at radius 1 is 1.42 bits per heavy atom. The van der Waals surface area contributed by atoms with E-state index in [1.807, 2.05) is 6.92 Å². The van der Waals surface area contributed by atoms with E-state index in [-0.39, 0.29) is 30.3 Å². The van der Waals surface area contributed by atoms with Gasteiger partial charge in [-0.3, -0.25) is 9.59 Å². The molecule has 0 aromatic heterocycles. The summed E-state index contributed by atoms with van der Waals surface area (Å²) < 4.78 is 0. The van der Waals surface area contributed by atoms with Crippen LogP contribution in [0.5, 0.6) is 0 Å². The zero-order chi connectivity index (χ0) is 14.4. The summed E-state index contributed by atoms with van der Waals surface area (Å²) in [5.74, 6) is -1.55. The molecule has 1 saturated heterocycles. The van der Waals surface area contributed by atoms with Crippen LogP contribution in [0.25, 0.3) is 0 Å². The van der Waals surface area contributed by atoms with Crippen molar-refractivity contribution in [3.8, 4) is 0 Å². The van der Waals surface area contributed by atoms with Gasteiger partial charge < -0.3 is 21.1 Å². The summed E-state index contributed by atoms with van der Waals surface area (Å²) in [6, 6.07) is -0.299. The number of nitrogens with zero attached hydrogens (tertiary/aromatic N) is 1. The van der Waals surface area contributed by atoms with E-state index in [9.17, 15) is 14.4 Å². The number of rotatable bonds is 5. The van der Waals surface area contributed by atoms with Crippen molar-refractivity contribution in [1.29, 1.82) is 0 Å². The first-order chi connectivity index (χ1) is 8.91. The van der Waals surface area contributed by atoms with Gasteiger partial charge in [0, 0.05) is 25.6 Å². The van der Waals surface area contributed by atoms with Gasteiger partial charge in [0.1, 0.15) is 0 Å². The van der Waals surface area contributed by atoms with Gasteiger partial charge in [-0.25, -0.2) is 4.79 Å². The molecule has 1 rings (SSSR count). The van der Waals surface area contributed by atoms with Crippen LogP contribution in [0.1, 0.15) is 32.6 Å². The second-order valence-electron chi connectivity index (χ2n) is 4.90. The van der Waals surface area contributed by atoms with Crippen molar-refractivity contribution in [3.63, 3.8) is 0 Å². The second-order valence-corrected chi connectivity index (χ2v) is 4.90. The van der Waals surface area contributed by atoms with Gasteiger partial charge in [0.05, 0.1) is 5.92 Å². The smallest absolute Gasteiger partial charge is 0.317 e. The van der Waals surface area contributed by atoms with Gasteiger partial charge in [0.25, 0.3) is 0 Å². The number of carbonyl (C=O) groups is 3. The molecule has 2 atom stereocenters. The monoisotopic (exact) mass is 271 g/mol. The van der Waals surface area contributed by atoms with Crippen molar-refractivity contribution < 1.29 is 19.5 Å². The standard InChI is InChI=1S/C12H21N3O4/c1-8-7-9(11(17)18)4-6-15(8)12(19)14-5-2-3-10(13)16/h8-9H,2-7H2,1H3,(H2,13,16)(H,14,19)(H,17,18). The molecule has 4 N–H and O–H groups in total. The van der Waals surface area contributed by atoms with Crippen LogP contribution < -0.4 is 11.1 Å². The first-order valence-electron chi connectivity index (χ1n) is 6.47. The third-order valence-corrected chi connectivity index (χ3v) is 3.36. The topological polar surface area (TPSA) is 113 Å². The van der Waals surface area contributed by atoms with Gasteiger partial charge in [-0.15, -0.1) is 0 Å². The van der Waals surface area contributed by atoms with Crippen molar-refractivity contribution in [3.05, 3.63) is 0 Å². The summed E-state index contributed by atoms with van der Waals surface area (Å²) in [7, 11) is 0. The van der Waals surface area contributed by atoms with Gasteiger partial charge in [-0.2, -0.15) is 0 Å². The van der Waals surface area contributed by atoms with Gasteiger partial charge >= 0.3 is 12.0 Å². The lowest BCUT2D eigenvalue weighted by Crippen LogP contribution is -2.50. The molecule has 1 aliphatic heterocycles. The minimum absolute atomic E-state index is 0.0917. The number of likely N-dealkylation sites (tertiary alicyclic amines) is 1. The van der Waals surface area contributed by atoms with E-state index in [2.05, 4.69) is 5.32 Å². The third kappa shape index (κ3) is 4.76. The predicted molar refractivity (Wildman–Crippen MR) is 68.4 cm³/mol. The largest absolute Gasteiger partial charge is 0.481 e. The van der Waals surface area contributed by atoms with Gasteiger partial charge in [-0.05, 0) is 26.2 Å². The van der Waals surface area contributed by atoms with Gasteiger partial charge in [0.2, 0.25) is 5.91 Å². The molecule has 3 amide bonds. The van der Waals surface area contributed by atoms with Crippen molar-refractivity contribution in [2.24, 2.45) is 11.7 Å². The molecule has 0 aliphatic carbocycles. The van der Waals surface area contributed by atoms with E-state index in [1.54, 1.807) is 4.90 Å². The van der Waals surface area contributed by atoms with Gasteiger partial charge in [-0.1, -0.05) is 0 Å². The molecule has 2 unspecified atom stereocenters. The fourth-order valence-corrected chi connectivity index (χ4v) is 2.26. The summed E-state index contributed by atoms with van der Waals surface area (Å²) in [6.45, 7) is 2.69. The number of primary amides is 1. The molecule has 1 fully saturated rings. The van der Waals surface area contributed by atoms with E-state index in [0.717, 1.165) is 0 Å². The quantitative estimate of drug-likeness (QED) is 0.617. The van der Waals surface area contributed by atoms with Crippen LogP contribution in [0.4, 0.5) is 4.79 Å². The van der Waals surface area contributed by atoms with E-state index in [4.69, 9.17) is 10.8 Å². The molecule has 7 nitrogen and oxygen atoms in total. The maximum Gasteiger partial charge on any atom is 0.317 e. The molecule has 1 aliphatic rings. The van der Waals surface area contributed by atoms with Crippen LogP contribution in [-0.2, 0) is 9.59 Å². The number of carbonyl (C=O) groups excluding carboxylic acids is 2. The van der Waals surface area contributed by atoms with Crippen molar-refractivity contribution in [1.82, 2.24) is 10.2 Å². The lowest BCUT2D eigenvalue weighted by atomic mass is 9.92. The summed E-state index contributed by atoms with van der Waals surface area (Å²) in [4.78, 5) is 35.0. The number of piperidine rings is 1. The van der Waals surface area contributed by atoms with Crippen LogP contribution in [0, 0.1) is 5.92 Å². The number of nitrogens with one attached hydrogen (secondary N) is 1. The SMILES string of the molecule is CC1CC(C(=O)O)CCN1C(=O)NCCCC(N)=O. The lowest BCUT2D eigenvalue weighted by molar-refractivity contribution is -0.143. The normalized spacial score (nSPS) is 22.9. The number of hydrogen-bond acceptors (Lipinski definition) is 3. The van der Waals surface area contributed by atoms with E-state index in [0.29, 0.717) is 32.4 Å². The maximum atomic E-state index is 11.9. The van der Waals surface area contributed by atoms with E-state index >= 15 is 0 Å². The summed E-state index contributed by atoms with van der Waals surface area (Å²) >= 11 is 0. The molecule has 19 heavy (non-hydrogen) atoms. The first kappa shape index (κ1) is 15.3. The number of hydrogen-bond donors (Lipinski definition) is 3. The maximum absolute atomic E-state index is 11.9. The Morgan fingerprint density at radius 3 is 2.63 bits per heavy atom. The number of amides is 3. The van der Waals surface area contributed by atoms with Crippen LogP contribution in [0.3, 0.4) is 0 Å². The molecule has 0 spiro atoms.